The Balaban J connectivity index is 1.84. The molecule has 4 heteroatoms. The summed E-state index contributed by atoms with van der Waals surface area (Å²) >= 11 is 3.34. The summed E-state index contributed by atoms with van der Waals surface area (Å²) in [6, 6.07) is 7.24. The molecule has 2 rings (SSSR count). The molecule has 1 aromatic carbocycles. The average Bonchev–Trinajstić information content (AvgIpc) is 2.82. The monoisotopic (exact) mass is 311 g/mol. The average molecular weight is 312 g/mol. The van der Waals surface area contributed by atoms with Crippen LogP contribution >= 0.6 is 15.9 Å². The van der Waals surface area contributed by atoms with E-state index in [-0.39, 0.29) is 12.1 Å². The minimum absolute atomic E-state index is 0.0563. The fraction of sp³-hybridized carbons (Fsp3) is 0.500. The van der Waals surface area contributed by atoms with E-state index in [0.717, 1.165) is 24.1 Å². The summed E-state index contributed by atoms with van der Waals surface area (Å²) in [4.78, 5) is 14.2. The third-order valence-electron chi connectivity index (χ3n) is 3.10. The van der Waals surface area contributed by atoms with Crippen molar-refractivity contribution in [3.8, 4) is 0 Å². The smallest absolute Gasteiger partial charge is 0.338 e. The minimum Gasteiger partial charge on any atom is -0.458 e. The molecule has 3 nitrogen and oxygen atoms in total. The maximum Gasteiger partial charge on any atom is 0.338 e. The summed E-state index contributed by atoms with van der Waals surface area (Å²) in [7, 11) is 0. The van der Waals surface area contributed by atoms with Crippen LogP contribution in [0.15, 0.2) is 28.7 Å². The number of esters is 1. The van der Waals surface area contributed by atoms with Gasteiger partial charge in [-0.3, -0.25) is 4.90 Å². The minimum atomic E-state index is -0.241. The first kappa shape index (κ1) is 13.6. The zero-order valence-corrected chi connectivity index (χ0v) is 12.1. The molecular formula is C14H18BrNO2. The van der Waals surface area contributed by atoms with Crippen molar-refractivity contribution >= 4 is 21.9 Å². The Kier molecular flexibility index (Phi) is 4.78. The molecule has 1 aliphatic rings. The van der Waals surface area contributed by atoms with Crippen molar-refractivity contribution in [1.29, 1.82) is 0 Å². The van der Waals surface area contributed by atoms with Crippen LogP contribution in [-0.4, -0.2) is 36.6 Å². The molecule has 0 saturated carbocycles. The molecule has 0 aromatic heterocycles. The second-order valence-corrected chi connectivity index (χ2v) is 5.65. The van der Waals surface area contributed by atoms with Gasteiger partial charge in [-0.1, -0.05) is 15.9 Å². The van der Waals surface area contributed by atoms with Gasteiger partial charge in [0.2, 0.25) is 0 Å². The van der Waals surface area contributed by atoms with E-state index in [1.165, 1.54) is 12.8 Å². The van der Waals surface area contributed by atoms with Crippen LogP contribution in [0.25, 0.3) is 0 Å². The van der Waals surface area contributed by atoms with Gasteiger partial charge in [-0.25, -0.2) is 4.79 Å². The van der Waals surface area contributed by atoms with Crippen LogP contribution in [-0.2, 0) is 4.74 Å². The van der Waals surface area contributed by atoms with Gasteiger partial charge in [-0.2, -0.15) is 0 Å². The lowest BCUT2D eigenvalue weighted by molar-refractivity contribution is 0.0271. The Morgan fingerprint density at radius 3 is 2.56 bits per heavy atom. The first-order valence-corrected chi connectivity index (χ1v) is 7.13. The van der Waals surface area contributed by atoms with E-state index in [9.17, 15) is 4.79 Å². The lowest BCUT2D eigenvalue weighted by atomic mass is 10.2. The quantitative estimate of drug-likeness (QED) is 0.800. The van der Waals surface area contributed by atoms with Gasteiger partial charge in [0.1, 0.15) is 6.10 Å². The SMILES string of the molecule is C[C@H](CN1CCCC1)OC(=O)c1ccc(Br)cc1. The first-order chi connectivity index (χ1) is 8.65. The fourth-order valence-electron chi connectivity index (χ4n) is 2.20. The Bertz CT molecular complexity index is 399. The van der Waals surface area contributed by atoms with Gasteiger partial charge in [-0.05, 0) is 57.1 Å². The predicted molar refractivity (Wildman–Crippen MR) is 74.7 cm³/mol. The fourth-order valence-corrected chi connectivity index (χ4v) is 2.47. The number of rotatable bonds is 4. The molecule has 0 N–H and O–H groups in total. The molecule has 0 spiro atoms. The van der Waals surface area contributed by atoms with Crippen LogP contribution in [0.4, 0.5) is 0 Å². The van der Waals surface area contributed by atoms with E-state index in [4.69, 9.17) is 4.74 Å². The Morgan fingerprint density at radius 2 is 1.94 bits per heavy atom. The van der Waals surface area contributed by atoms with E-state index in [2.05, 4.69) is 20.8 Å². The lowest BCUT2D eigenvalue weighted by Crippen LogP contribution is -2.31. The van der Waals surface area contributed by atoms with E-state index in [1.807, 2.05) is 19.1 Å². The molecule has 1 aromatic rings. The van der Waals surface area contributed by atoms with E-state index < -0.39 is 0 Å². The second-order valence-electron chi connectivity index (χ2n) is 4.73. The molecule has 0 bridgehead atoms. The number of carbonyl (C=O) groups is 1. The highest BCUT2D eigenvalue weighted by Gasteiger charge is 2.17. The molecule has 1 atom stereocenters. The predicted octanol–water partition coefficient (Wildman–Crippen LogP) is 3.09. The second kappa shape index (κ2) is 6.34. The molecule has 0 aliphatic carbocycles. The van der Waals surface area contributed by atoms with Gasteiger partial charge in [0.05, 0.1) is 5.56 Å². The van der Waals surface area contributed by atoms with E-state index in [0.29, 0.717) is 5.56 Å². The van der Waals surface area contributed by atoms with Crippen molar-refractivity contribution in [1.82, 2.24) is 4.90 Å². The largest absolute Gasteiger partial charge is 0.458 e. The van der Waals surface area contributed by atoms with Crippen molar-refractivity contribution in [2.75, 3.05) is 19.6 Å². The normalized spacial score (nSPS) is 17.7. The van der Waals surface area contributed by atoms with Crippen molar-refractivity contribution in [3.05, 3.63) is 34.3 Å². The highest BCUT2D eigenvalue weighted by Crippen LogP contribution is 2.13. The summed E-state index contributed by atoms with van der Waals surface area (Å²) in [6.45, 7) is 5.04. The highest BCUT2D eigenvalue weighted by atomic mass is 79.9. The van der Waals surface area contributed by atoms with E-state index >= 15 is 0 Å². The molecule has 0 unspecified atom stereocenters. The Morgan fingerprint density at radius 1 is 1.33 bits per heavy atom. The van der Waals surface area contributed by atoms with Crippen LogP contribution in [0, 0.1) is 0 Å². The number of carbonyl (C=O) groups excluding carboxylic acids is 1. The first-order valence-electron chi connectivity index (χ1n) is 6.34. The Labute approximate surface area is 116 Å². The number of nitrogens with zero attached hydrogens (tertiary/aromatic N) is 1. The Hall–Kier alpha value is -0.870. The summed E-state index contributed by atoms with van der Waals surface area (Å²) < 4.78 is 6.40. The molecule has 1 aliphatic heterocycles. The van der Waals surface area contributed by atoms with Crippen LogP contribution in [0.5, 0.6) is 0 Å². The summed E-state index contributed by atoms with van der Waals surface area (Å²) in [5.74, 6) is -0.241. The highest BCUT2D eigenvalue weighted by molar-refractivity contribution is 9.10. The van der Waals surface area contributed by atoms with Crippen LogP contribution in [0.2, 0.25) is 0 Å². The van der Waals surface area contributed by atoms with Gasteiger partial charge < -0.3 is 4.74 Å². The van der Waals surface area contributed by atoms with Gasteiger partial charge in [0.25, 0.3) is 0 Å². The number of hydrogen-bond acceptors (Lipinski definition) is 3. The molecule has 1 fully saturated rings. The van der Waals surface area contributed by atoms with Crippen molar-refractivity contribution in [2.45, 2.75) is 25.9 Å². The number of likely N-dealkylation sites (tertiary alicyclic amines) is 1. The van der Waals surface area contributed by atoms with E-state index in [1.54, 1.807) is 12.1 Å². The van der Waals surface area contributed by atoms with Crippen LogP contribution in [0.1, 0.15) is 30.1 Å². The van der Waals surface area contributed by atoms with Crippen LogP contribution in [0.3, 0.4) is 0 Å². The number of ether oxygens (including phenoxy) is 1. The summed E-state index contributed by atoms with van der Waals surface area (Å²) in [6.07, 6.45) is 2.46. The molecule has 18 heavy (non-hydrogen) atoms. The van der Waals surface area contributed by atoms with Gasteiger partial charge in [-0.15, -0.1) is 0 Å². The molecule has 0 amide bonds. The maximum absolute atomic E-state index is 11.9. The number of benzene rings is 1. The molecule has 98 valence electrons. The number of halogens is 1. The lowest BCUT2D eigenvalue weighted by Gasteiger charge is -2.20. The molecular weight excluding hydrogens is 294 g/mol. The van der Waals surface area contributed by atoms with Gasteiger partial charge in [0.15, 0.2) is 0 Å². The molecule has 1 heterocycles. The summed E-state index contributed by atoms with van der Waals surface area (Å²) in [5, 5.41) is 0. The standard InChI is InChI=1S/C14H18BrNO2/c1-11(10-16-8-2-3-9-16)18-14(17)12-4-6-13(15)7-5-12/h4-7,11H,2-3,8-10H2,1H3/t11-/m1/s1. The third-order valence-corrected chi connectivity index (χ3v) is 3.63. The zero-order valence-electron chi connectivity index (χ0n) is 10.6. The molecule has 1 saturated heterocycles. The van der Waals surface area contributed by atoms with Crippen molar-refractivity contribution < 1.29 is 9.53 Å². The maximum atomic E-state index is 11.9. The topological polar surface area (TPSA) is 29.5 Å². The number of hydrogen-bond donors (Lipinski definition) is 0. The van der Waals surface area contributed by atoms with Gasteiger partial charge in [0, 0.05) is 11.0 Å². The third kappa shape index (κ3) is 3.82. The van der Waals surface area contributed by atoms with Crippen molar-refractivity contribution in [3.63, 3.8) is 0 Å². The van der Waals surface area contributed by atoms with Gasteiger partial charge >= 0.3 is 5.97 Å². The van der Waals surface area contributed by atoms with Crippen molar-refractivity contribution in [2.24, 2.45) is 0 Å². The summed E-state index contributed by atoms with van der Waals surface area (Å²) in [5.41, 5.74) is 0.603. The zero-order chi connectivity index (χ0) is 13.0. The molecule has 0 radical (unpaired) electrons. The van der Waals surface area contributed by atoms with Crippen LogP contribution < -0.4 is 0 Å².